The Labute approximate surface area is 270 Å². The molecule has 0 aliphatic carbocycles. The van der Waals surface area contributed by atoms with Crippen molar-refractivity contribution in [3.8, 4) is 5.75 Å². The number of hydrogen-bond donors (Lipinski definition) is 1. The Morgan fingerprint density at radius 1 is 0.844 bits per heavy atom. The van der Waals surface area contributed by atoms with Crippen molar-refractivity contribution >= 4 is 39.1 Å². The lowest BCUT2D eigenvalue weighted by Crippen LogP contribution is -2.56. The fraction of sp³-hybridized carbons (Fsp3) is 0.257. The summed E-state index contributed by atoms with van der Waals surface area (Å²) in [7, 11) is -2.69. The molecule has 0 saturated carbocycles. The summed E-state index contributed by atoms with van der Waals surface area (Å²) in [6.45, 7) is 5.02. The number of carbonyl (C=O) groups excluding carboxylic acids is 2. The molecule has 0 saturated heterocycles. The van der Waals surface area contributed by atoms with Gasteiger partial charge in [-0.05, 0) is 68.3 Å². The molecule has 1 unspecified atom stereocenters. The van der Waals surface area contributed by atoms with Crippen molar-refractivity contribution in [2.24, 2.45) is 0 Å². The number of para-hydroxylation sites is 1. The summed E-state index contributed by atoms with van der Waals surface area (Å²) in [5.41, 5.74) is 1.11. The maximum absolute atomic E-state index is 14.5. The van der Waals surface area contributed by atoms with Gasteiger partial charge in [0, 0.05) is 18.5 Å². The fourth-order valence-electron chi connectivity index (χ4n) is 4.86. The van der Waals surface area contributed by atoms with Crippen LogP contribution in [0.4, 0.5) is 5.69 Å². The summed E-state index contributed by atoms with van der Waals surface area (Å²) < 4.78 is 34.6. The van der Waals surface area contributed by atoms with Gasteiger partial charge in [-0.2, -0.15) is 0 Å². The van der Waals surface area contributed by atoms with Crippen LogP contribution in [0, 0.1) is 0 Å². The Balaban J connectivity index is 1.83. The number of benzene rings is 4. The molecule has 4 rings (SSSR count). The minimum absolute atomic E-state index is 0.00313. The second kappa shape index (κ2) is 14.6. The lowest BCUT2D eigenvalue weighted by molar-refractivity contribution is -0.140. The first-order chi connectivity index (χ1) is 21.4. The highest BCUT2D eigenvalue weighted by Gasteiger charge is 2.36. The van der Waals surface area contributed by atoms with Crippen LogP contribution in [0.25, 0.3) is 0 Å². The zero-order valence-corrected chi connectivity index (χ0v) is 27.4. The van der Waals surface area contributed by atoms with E-state index in [1.54, 1.807) is 67.8 Å². The van der Waals surface area contributed by atoms with Crippen molar-refractivity contribution in [2.75, 3.05) is 18.0 Å². The summed E-state index contributed by atoms with van der Waals surface area (Å²) in [5.74, 6) is -0.358. The summed E-state index contributed by atoms with van der Waals surface area (Å²) in [4.78, 5) is 30.0. The molecule has 0 fully saturated rings. The van der Waals surface area contributed by atoms with Gasteiger partial charge in [-0.3, -0.25) is 13.9 Å². The average Bonchev–Trinajstić information content (AvgIpc) is 3.02. The number of ether oxygens (including phenoxy) is 1. The predicted molar refractivity (Wildman–Crippen MR) is 178 cm³/mol. The van der Waals surface area contributed by atoms with E-state index in [1.165, 1.54) is 17.0 Å². The predicted octanol–water partition coefficient (Wildman–Crippen LogP) is 6.10. The molecule has 1 N–H and O–H groups in total. The highest BCUT2D eigenvalue weighted by atomic mass is 35.5. The van der Waals surface area contributed by atoms with Crippen molar-refractivity contribution in [3.05, 3.63) is 125 Å². The van der Waals surface area contributed by atoms with Crippen molar-refractivity contribution in [1.82, 2.24) is 10.2 Å². The average molecular weight is 648 g/mol. The van der Waals surface area contributed by atoms with Crippen LogP contribution in [0.2, 0.25) is 5.02 Å². The lowest BCUT2D eigenvalue weighted by atomic mass is 10.0. The maximum Gasteiger partial charge on any atom is 0.264 e. The number of nitrogens with one attached hydrogen (secondary N) is 1. The van der Waals surface area contributed by atoms with Crippen LogP contribution < -0.4 is 14.4 Å². The number of carbonyl (C=O) groups is 2. The number of anilines is 1. The minimum Gasteiger partial charge on any atom is -0.497 e. The van der Waals surface area contributed by atoms with Gasteiger partial charge in [0.05, 0.1) is 22.7 Å². The molecule has 0 aromatic heterocycles. The van der Waals surface area contributed by atoms with Gasteiger partial charge in [0.25, 0.3) is 10.0 Å². The first-order valence-electron chi connectivity index (χ1n) is 14.5. The van der Waals surface area contributed by atoms with Crippen LogP contribution in [0.5, 0.6) is 5.75 Å². The summed E-state index contributed by atoms with van der Waals surface area (Å²) >= 11 is 6.52. The zero-order chi connectivity index (χ0) is 32.6. The van der Waals surface area contributed by atoms with Gasteiger partial charge < -0.3 is 15.0 Å². The van der Waals surface area contributed by atoms with E-state index < -0.39 is 34.1 Å². The van der Waals surface area contributed by atoms with Gasteiger partial charge in [-0.15, -0.1) is 0 Å². The third-order valence-corrected chi connectivity index (χ3v) is 9.08. The van der Waals surface area contributed by atoms with Gasteiger partial charge in [-0.1, -0.05) is 84.4 Å². The van der Waals surface area contributed by atoms with Crippen molar-refractivity contribution < 1.29 is 22.7 Å². The van der Waals surface area contributed by atoms with E-state index in [9.17, 15) is 18.0 Å². The van der Waals surface area contributed by atoms with Gasteiger partial charge in [0.1, 0.15) is 18.3 Å². The van der Waals surface area contributed by atoms with Crippen LogP contribution >= 0.6 is 11.6 Å². The number of rotatable bonds is 12. The number of methoxy groups -OCH3 is 1. The van der Waals surface area contributed by atoms with E-state index in [0.29, 0.717) is 11.3 Å². The molecule has 4 aromatic carbocycles. The van der Waals surface area contributed by atoms with Gasteiger partial charge in [0.2, 0.25) is 11.8 Å². The normalized spacial score (nSPS) is 12.2. The molecular formula is C35H38ClN3O5S. The second-order valence-corrected chi connectivity index (χ2v) is 13.9. The Hall–Kier alpha value is -4.34. The SMILES string of the molecule is COc1cccc(CN(C(=O)CN(c2ccccc2Cl)S(=O)(=O)c2ccccc2)C(Cc2ccccc2)C(=O)NC(C)(C)C)c1. The molecule has 0 aliphatic heterocycles. The smallest absolute Gasteiger partial charge is 0.264 e. The molecule has 45 heavy (non-hydrogen) atoms. The first kappa shape index (κ1) is 33.6. The van der Waals surface area contributed by atoms with Crippen LogP contribution in [0.1, 0.15) is 31.9 Å². The molecule has 10 heteroatoms. The minimum atomic E-state index is -4.24. The van der Waals surface area contributed by atoms with E-state index in [1.807, 2.05) is 57.2 Å². The summed E-state index contributed by atoms with van der Waals surface area (Å²) in [6.07, 6.45) is 0.204. The quantitative estimate of drug-likeness (QED) is 0.201. The standard InChI is InChI=1S/C35H38ClN3O5S/c1-35(2,3)37-34(41)32(23-26-14-7-5-8-15-26)38(24-27-16-13-17-28(22-27)44-4)33(40)25-39(31-21-12-11-20-30(31)36)45(42,43)29-18-9-6-10-19-29/h5-22,32H,23-25H2,1-4H3,(H,37,41). The van der Waals surface area contributed by atoms with E-state index in [-0.39, 0.29) is 34.5 Å². The largest absolute Gasteiger partial charge is 0.497 e. The highest BCUT2D eigenvalue weighted by molar-refractivity contribution is 7.92. The Kier molecular flexibility index (Phi) is 10.9. The van der Waals surface area contributed by atoms with Crippen molar-refractivity contribution in [3.63, 3.8) is 0 Å². The van der Waals surface area contributed by atoms with E-state index in [2.05, 4.69) is 5.32 Å². The number of halogens is 1. The Morgan fingerprint density at radius 2 is 1.44 bits per heavy atom. The Bertz CT molecular complexity index is 1710. The summed E-state index contributed by atoms with van der Waals surface area (Å²) in [5, 5.41) is 3.19. The van der Waals surface area contributed by atoms with Gasteiger partial charge in [0.15, 0.2) is 0 Å². The van der Waals surface area contributed by atoms with Crippen LogP contribution in [-0.2, 0) is 32.6 Å². The Morgan fingerprint density at radius 3 is 2.07 bits per heavy atom. The molecule has 1 atom stereocenters. The van der Waals surface area contributed by atoms with E-state index >= 15 is 0 Å². The molecule has 8 nitrogen and oxygen atoms in total. The van der Waals surface area contributed by atoms with Crippen molar-refractivity contribution in [2.45, 2.75) is 50.2 Å². The zero-order valence-electron chi connectivity index (χ0n) is 25.8. The van der Waals surface area contributed by atoms with E-state index in [0.717, 1.165) is 9.87 Å². The van der Waals surface area contributed by atoms with E-state index in [4.69, 9.17) is 16.3 Å². The molecule has 0 heterocycles. The topological polar surface area (TPSA) is 96.0 Å². The number of nitrogens with zero attached hydrogens (tertiary/aromatic N) is 2. The van der Waals surface area contributed by atoms with Crippen molar-refractivity contribution in [1.29, 1.82) is 0 Å². The molecule has 0 spiro atoms. The number of amides is 2. The maximum atomic E-state index is 14.5. The summed E-state index contributed by atoms with van der Waals surface area (Å²) in [6, 6.07) is 29.9. The molecule has 0 aliphatic rings. The highest BCUT2D eigenvalue weighted by Crippen LogP contribution is 2.31. The van der Waals surface area contributed by atoms with Crippen LogP contribution in [0.3, 0.4) is 0 Å². The van der Waals surface area contributed by atoms with Gasteiger partial charge >= 0.3 is 0 Å². The molecule has 4 aromatic rings. The monoisotopic (exact) mass is 647 g/mol. The fourth-order valence-corrected chi connectivity index (χ4v) is 6.60. The lowest BCUT2D eigenvalue weighted by Gasteiger charge is -2.35. The molecule has 2 amide bonds. The molecule has 0 radical (unpaired) electrons. The third kappa shape index (κ3) is 8.86. The molecule has 236 valence electrons. The third-order valence-electron chi connectivity index (χ3n) is 6.99. The molecular weight excluding hydrogens is 610 g/mol. The first-order valence-corrected chi connectivity index (χ1v) is 16.3. The number of sulfonamides is 1. The van der Waals surface area contributed by atoms with Crippen LogP contribution in [0.15, 0.2) is 114 Å². The second-order valence-electron chi connectivity index (χ2n) is 11.6. The van der Waals surface area contributed by atoms with Crippen LogP contribution in [-0.4, -0.2) is 50.4 Å². The van der Waals surface area contributed by atoms with Gasteiger partial charge in [-0.25, -0.2) is 8.42 Å². The molecule has 0 bridgehead atoms. The number of hydrogen-bond acceptors (Lipinski definition) is 5.